The largest absolute Gasteiger partial charge is 0.361 e. The highest BCUT2D eigenvalue weighted by Gasteiger charge is 2.29. The van der Waals surface area contributed by atoms with Crippen molar-refractivity contribution in [3.8, 4) is 0 Å². The van der Waals surface area contributed by atoms with E-state index in [1.807, 2.05) is 43.3 Å². The smallest absolute Gasteiger partial charge is 0.243 e. The van der Waals surface area contributed by atoms with Crippen LogP contribution in [-0.4, -0.2) is 63.2 Å². The molecule has 0 radical (unpaired) electrons. The van der Waals surface area contributed by atoms with Crippen molar-refractivity contribution in [3.63, 3.8) is 0 Å². The Morgan fingerprint density at radius 2 is 1.62 bits per heavy atom. The first-order valence-electron chi connectivity index (χ1n) is 8.77. The molecule has 1 saturated heterocycles. The molecular weight excluding hydrogens is 350 g/mol. The van der Waals surface area contributed by atoms with Crippen molar-refractivity contribution < 1.29 is 8.42 Å². The van der Waals surface area contributed by atoms with Gasteiger partial charge < -0.3 is 9.80 Å². The number of aromatic nitrogens is 2. The van der Waals surface area contributed by atoms with E-state index < -0.39 is 10.0 Å². The van der Waals surface area contributed by atoms with E-state index in [2.05, 4.69) is 22.0 Å². The maximum absolute atomic E-state index is 12.8. The summed E-state index contributed by atoms with van der Waals surface area (Å²) in [4.78, 5) is 4.32. The normalized spacial score (nSPS) is 15.9. The molecule has 2 heterocycles. The second-order valence-electron chi connectivity index (χ2n) is 6.53. The molecule has 0 aliphatic carbocycles. The number of nitrogens with zero attached hydrogens (tertiary/aromatic N) is 5. The summed E-state index contributed by atoms with van der Waals surface area (Å²) in [5.74, 6) is 1.57. The molecule has 140 valence electrons. The van der Waals surface area contributed by atoms with Gasteiger partial charge in [-0.05, 0) is 36.2 Å². The van der Waals surface area contributed by atoms with Gasteiger partial charge in [-0.3, -0.25) is 0 Å². The van der Waals surface area contributed by atoms with Crippen LogP contribution in [0.4, 0.5) is 11.6 Å². The lowest BCUT2D eigenvalue weighted by Crippen LogP contribution is -2.49. The Balaban J connectivity index is 1.67. The monoisotopic (exact) mass is 375 g/mol. The number of hydrogen-bond acceptors (Lipinski definition) is 6. The first kappa shape index (κ1) is 18.6. The Bertz CT molecular complexity index is 827. The zero-order valence-corrected chi connectivity index (χ0v) is 16.3. The maximum atomic E-state index is 12.8. The Morgan fingerprint density at radius 1 is 0.962 bits per heavy atom. The molecule has 0 amide bonds. The number of rotatable bonds is 5. The van der Waals surface area contributed by atoms with Crippen LogP contribution in [0, 0.1) is 0 Å². The Kier molecular flexibility index (Phi) is 5.43. The Morgan fingerprint density at radius 3 is 2.12 bits per heavy atom. The summed E-state index contributed by atoms with van der Waals surface area (Å²) >= 11 is 0. The average Bonchev–Trinajstić information content (AvgIpc) is 2.68. The van der Waals surface area contributed by atoms with Crippen LogP contribution in [0.2, 0.25) is 0 Å². The van der Waals surface area contributed by atoms with E-state index in [4.69, 9.17) is 0 Å². The topological polar surface area (TPSA) is 69.6 Å². The minimum absolute atomic E-state index is 0.360. The first-order chi connectivity index (χ1) is 12.4. The van der Waals surface area contributed by atoms with Gasteiger partial charge in [-0.25, -0.2) is 8.42 Å². The van der Waals surface area contributed by atoms with Crippen molar-refractivity contribution in [3.05, 3.63) is 42.0 Å². The summed E-state index contributed by atoms with van der Waals surface area (Å²) in [7, 11) is 0.387. The van der Waals surface area contributed by atoms with Gasteiger partial charge in [0.1, 0.15) is 0 Å². The number of hydrogen-bond donors (Lipinski definition) is 0. The molecule has 3 rings (SSSR count). The summed E-state index contributed by atoms with van der Waals surface area (Å²) in [6.45, 7) is 4.13. The van der Waals surface area contributed by atoms with Crippen LogP contribution in [0.1, 0.15) is 12.5 Å². The average molecular weight is 375 g/mol. The van der Waals surface area contributed by atoms with E-state index in [1.165, 1.54) is 0 Å². The number of sulfonamides is 1. The van der Waals surface area contributed by atoms with Crippen LogP contribution in [0.15, 0.2) is 41.3 Å². The van der Waals surface area contributed by atoms with E-state index in [0.717, 1.165) is 23.6 Å². The highest BCUT2D eigenvalue weighted by atomic mass is 32.2. The third kappa shape index (κ3) is 3.81. The highest BCUT2D eigenvalue weighted by Crippen LogP contribution is 2.21. The van der Waals surface area contributed by atoms with Crippen molar-refractivity contribution in [1.29, 1.82) is 0 Å². The van der Waals surface area contributed by atoms with Gasteiger partial charge in [0.2, 0.25) is 10.0 Å². The van der Waals surface area contributed by atoms with Crippen molar-refractivity contribution in [2.75, 3.05) is 50.1 Å². The van der Waals surface area contributed by atoms with Crippen LogP contribution < -0.4 is 9.80 Å². The summed E-state index contributed by atoms with van der Waals surface area (Å²) in [5.41, 5.74) is 1.13. The van der Waals surface area contributed by atoms with E-state index in [-0.39, 0.29) is 0 Å². The lowest BCUT2D eigenvalue weighted by molar-refractivity contribution is 0.383. The molecule has 7 nitrogen and oxygen atoms in total. The van der Waals surface area contributed by atoms with Crippen molar-refractivity contribution >= 4 is 21.7 Å². The van der Waals surface area contributed by atoms with Gasteiger partial charge in [-0.15, -0.1) is 10.2 Å². The molecule has 26 heavy (non-hydrogen) atoms. The fraction of sp³-hybridized carbons (Fsp3) is 0.444. The third-order valence-electron chi connectivity index (χ3n) is 4.63. The fourth-order valence-corrected chi connectivity index (χ4v) is 4.35. The third-order valence-corrected chi connectivity index (χ3v) is 6.54. The first-order valence-corrected chi connectivity index (χ1v) is 10.2. The Hall–Kier alpha value is -2.19. The molecule has 1 aliphatic rings. The molecular formula is C18H25N5O2S. The van der Waals surface area contributed by atoms with Gasteiger partial charge in [0.15, 0.2) is 11.6 Å². The predicted octanol–water partition coefficient (Wildman–Crippen LogP) is 1.62. The van der Waals surface area contributed by atoms with Crippen LogP contribution in [0.25, 0.3) is 0 Å². The minimum Gasteiger partial charge on any atom is -0.361 e. The molecule has 0 N–H and O–H groups in total. The number of aryl methyl sites for hydroxylation is 1. The molecule has 1 aromatic heterocycles. The quantitative estimate of drug-likeness (QED) is 0.791. The number of benzene rings is 1. The van der Waals surface area contributed by atoms with Crippen molar-refractivity contribution in [2.24, 2.45) is 0 Å². The molecule has 8 heteroatoms. The van der Waals surface area contributed by atoms with E-state index in [9.17, 15) is 8.42 Å². The molecule has 1 fully saturated rings. The zero-order valence-electron chi connectivity index (χ0n) is 15.5. The second-order valence-corrected chi connectivity index (χ2v) is 8.47. The van der Waals surface area contributed by atoms with E-state index in [1.54, 1.807) is 16.4 Å². The SMILES string of the molecule is CCc1ccc(S(=O)(=O)N2CCN(c3ccc(N(C)C)nn3)CC2)cc1. The number of anilines is 2. The van der Waals surface area contributed by atoms with Gasteiger partial charge >= 0.3 is 0 Å². The molecule has 1 aromatic carbocycles. The molecule has 0 saturated carbocycles. The van der Waals surface area contributed by atoms with E-state index >= 15 is 0 Å². The molecule has 2 aromatic rings. The highest BCUT2D eigenvalue weighted by molar-refractivity contribution is 7.89. The lowest BCUT2D eigenvalue weighted by atomic mass is 10.2. The van der Waals surface area contributed by atoms with Gasteiger partial charge in [0, 0.05) is 40.3 Å². The summed E-state index contributed by atoms with van der Waals surface area (Å²) in [5, 5.41) is 8.44. The van der Waals surface area contributed by atoms with Crippen LogP contribution in [0.5, 0.6) is 0 Å². The summed E-state index contributed by atoms with van der Waals surface area (Å²) < 4.78 is 27.2. The fourth-order valence-electron chi connectivity index (χ4n) is 2.93. The molecule has 0 unspecified atom stereocenters. The van der Waals surface area contributed by atoms with Crippen LogP contribution in [0.3, 0.4) is 0 Å². The van der Waals surface area contributed by atoms with Crippen molar-refractivity contribution in [1.82, 2.24) is 14.5 Å². The molecule has 0 spiro atoms. The molecule has 0 atom stereocenters. The molecule has 0 bridgehead atoms. The van der Waals surface area contributed by atoms with Gasteiger partial charge in [0.25, 0.3) is 0 Å². The standard InChI is InChI=1S/C18H25N5O2S/c1-4-15-5-7-16(8-6-15)26(24,25)23-13-11-22(12-14-23)18-10-9-17(19-20-18)21(2)3/h5-10H,4,11-14H2,1-3H3. The zero-order chi connectivity index (χ0) is 18.7. The number of piperazine rings is 1. The second kappa shape index (κ2) is 7.59. The van der Waals surface area contributed by atoms with Crippen LogP contribution >= 0.6 is 0 Å². The van der Waals surface area contributed by atoms with Crippen LogP contribution in [-0.2, 0) is 16.4 Å². The summed E-state index contributed by atoms with van der Waals surface area (Å²) in [6.07, 6.45) is 0.895. The minimum atomic E-state index is -3.45. The predicted molar refractivity (Wildman–Crippen MR) is 103 cm³/mol. The summed E-state index contributed by atoms with van der Waals surface area (Å²) in [6, 6.07) is 11.0. The lowest BCUT2D eigenvalue weighted by Gasteiger charge is -2.34. The van der Waals surface area contributed by atoms with Gasteiger partial charge in [-0.2, -0.15) is 4.31 Å². The van der Waals surface area contributed by atoms with Crippen molar-refractivity contribution in [2.45, 2.75) is 18.2 Å². The van der Waals surface area contributed by atoms with Gasteiger partial charge in [-0.1, -0.05) is 19.1 Å². The van der Waals surface area contributed by atoms with Gasteiger partial charge in [0.05, 0.1) is 4.90 Å². The Labute approximate surface area is 155 Å². The van der Waals surface area contributed by atoms with E-state index in [0.29, 0.717) is 31.1 Å². The maximum Gasteiger partial charge on any atom is 0.243 e. The molecule has 1 aliphatic heterocycles.